The third kappa shape index (κ3) is 3.02. The Kier molecular flexibility index (Phi) is 4.00. The lowest BCUT2D eigenvalue weighted by molar-refractivity contribution is 0.0594. The Balaban J connectivity index is 2.07. The maximum absolute atomic E-state index is 11.4. The number of nitrogens with zero attached hydrogens (tertiary/aromatic N) is 4. The van der Waals surface area contributed by atoms with Gasteiger partial charge in [0, 0.05) is 12.8 Å². The standard InChI is InChI=1S/C11H13N5O2S/c1-16-10(12)14-15-11(16)19-6-7-4-3-5-8(13-7)9(17)18-2/h3-5H,6H2,1-2H3,(H2,12,14). The summed E-state index contributed by atoms with van der Waals surface area (Å²) in [6.07, 6.45) is 0. The summed E-state index contributed by atoms with van der Waals surface area (Å²) in [5.74, 6) is 0.477. The van der Waals surface area contributed by atoms with Crippen molar-refractivity contribution in [3.05, 3.63) is 29.6 Å². The minimum atomic E-state index is -0.449. The fraction of sp³-hybridized carbons (Fsp3) is 0.273. The largest absolute Gasteiger partial charge is 0.464 e. The van der Waals surface area contributed by atoms with Crippen molar-refractivity contribution in [2.75, 3.05) is 12.8 Å². The van der Waals surface area contributed by atoms with Crippen molar-refractivity contribution in [2.24, 2.45) is 7.05 Å². The number of esters is 1. The molecule has 7 nitrogen and oxygen atoms in total. The van der Waals surface area contributed by atoms with Gasteiger partial charge in [0.2, 0.25) is 5.95 Å². The first kappa shape index (κ1) is 13.3. The second-order valence-corrected chi connectivity index (χ2v) is 4.64. The molecule has 0 atom stereocenters. The topological polar surface area (TPSA) is 95.9 Å². The van der Waals surface area contributed by atoms with Gasteiger partial charge in [-0.05, 0) is 12.1 Å². The molecule has 2 heterocycles. The first-order valence-corrected chi connectivity index (χ1v) is 6.42. The third-order valence-electron chi connectivity index (χ3n) is 2.42. The van der Waals surface area contributed by atoms with E-state index in [1.165, 1.54) is 18.9 Å². The van der Waals surface area contributed by atoms with Crippen LogP contribution in [0.15, 0.2) is 23.4 Å². The smallest absolute Gasteiger partial charge is 0.356 e. The first-order chi connectivity index (χ1) is 9.11. The van der Waals surface area contributed by atoms with Crippen molar-refractivity contribution >= 4 is 23.7 Å². The Bertz CT molecular complexity index is 599. The summed E-state index contributed by atoms with van der Waals surface area (Å²) in [5.41, 5.74) is 6.64. The second kappa shape index (κ2) is 5.70. The van der Waals surface area contributed by atoms with E-state index in [9.17, 15) is 4.79 Å². The Morgan fingerprint density at radius 1 is 1.47 bits per heavy atom. The van der Waals surface area contributed by atoms with Gasteiger partial charge in [-0.1, -0.05) is 17.8 Å². The third-order valence-corrected chi connectivity index (χ3v) is 3.47. The molecular formula is C11H13N5O2S. The molecule has 0 aliphatic heterocycles. The van der Waals surface area contributed by atoms with Gasteiger partial charge in [-0.15, -0.1) is 10.2 Å². The minimum Gasteiger partial charge on any atom is -0.464 e. The number of hydrogen-bond acceptors (Lipinski definition) is 7. The number of anilines is 1. The Labute approximate surface area is 114 Å². The fourth-order valence-electron chi connectivity index (χ4n) is 1.37. The number of hydrogen-bond donors (Lipinski definition) is 1. The monoisotopic (exact) mass is 279 g/mol. The SMILES string of the molecule is COC(=O)c1cccc(CSc2nnc(N)n2C)n1. The van der Waals surface area contributed by atoms with Crippen LogP contribution in [0, 0.1) is 0 Å². The van der Waals surface area contributed by atoms with Crippen LogP contribution < -0.4 is 5.73 Å². The predicted octanol–water partition coefficient (Wildman–Crippen LogP) is 0.871. The number of carbonyl (C=O) groups is 1. The fourth-order valence-corrected chi connectivity index (χ4v) is 2.19. The Morgan fingerprint density at radius 3 is 2.89 bits per heavy atom. The normalized spacial score (nSPS) is 10.4. The molecule has 0 bridgehead atoms. The maximum atomic E-state index is 11.4. The van der Waals surface area contributed by atoms with E-state index < -0.39 is 5.97 Å². The van der Waals surface area contributed by atoms with Crippen LogP contribution in [0.3, 0.4) is 0 Å². The van der Waals surface area contributed by atoms with Gasteiger partial charge in [-0.25, -0.2) is 9.78 Å². The van der Waals surface area contributed by atoms with Gasteiger partial charge in [0.1, 0.15) is 5.69 Å². The molecule has 0 amide bonds. The molecule has 2 N–H and O–H groups in total. The highest BCUT2D eigenvalue weighted by Gasteiger charge is 2.10. The van der Waals surface area contributed by atoms with Crippen LogP contribution in [0.1, 0.15) is 16.2 Å². The maximum Gasteiger partial charge on any atom is 0.356 e. The molecule has 0 spiro atoms. The number of pyridine rings is 1. The molecule has 0 aliphatic rings. The molecule has 0 fully saturated rings. The van der Waals surface area contributed by atoms with Crippen molar-refractivity contribution in [3.63, 3.8) is 0 Å². The van der Waals surface area contributed by atoms with Crippen molar-refractivity contribution in [1.82, 2.24) is 19.7 Å². The molecule has 2 aromatic heterocycles. The van der Waals surface area contributed by atoms with E-state index >= 15 is 0 Å². The zero-order chi connectivity index (χ0) is 13.8. The number of nitrogens with two attached hydrogens (primary N) is 1. The van der Waals surface area contributed by atoms with Crippen LogP contribution in [-0.4, -0.2) is 32.8 Å². The average molecular weight is 279 g/mol. The lowest BCUT2D eigenvalue weighted by Crippen LogP contribution is -2.05. The quantitative estimate of drug-likeness (QED) is 0.655. The number of rotatable bonds is 4. The van der Waals surface area contributed by atoms with Crippen LogP contribution >= 0.6 is 11.8 Å². The lowest BCUT2D eigenvalue weighted by Gasteiger charge is -2.03. The molecule has 0 unspecified atom stereocenters. The molecule has 2 aromatic rings. The van der Waals surface area contributed by atoms with Gasteiger partial charge in [0.05, 0.1) is 12.8 Å². The van der Waals surface area contributed by atoms with E-state index in [1.54, 1.807) is 23.7 Å². The summed E-state index contributed by atoms with van der Waals surface area (Å²) < 4.78 is 6.31. The van der Waals surface area contributed by atoms with Crippen molar-refractivity contribution in [3.8, 4) is 0 Å². The first-order valence-electron chi connectivity index (χ1n) is 5.43. The van der Waals surface area contributed by atoms with E-state index in [4.69, 9.17) is 5.73 Å². The van der Waals surface area contributed by atoms with E-state index in [0.717, 1.165) is 5.69 Å². The highest BCUT2D eigenvalue weighted by atomic mass is 32.2. The van der Waals surface area contributed by atoms with E-state index in [-0.39, 0.29) is 5.69 Å². The van der Waals surface area contributed by atoms with E-state index in [2.05, 4.69) is 19.9 Å². The molecule has 0 saturated carbocycles. The molecule has 0 aromatic carbocycles. The van der Waals surface area contributed by atoms with Crippen LogP contribution in [0.4, 0.5) is 5.95 Å². The van der Waals surface area contributed by atoms with E-state index in [0.29, 0.717) is 16.9 Å². The lowest BCUT2D eigenvalue weighted by atomic mass is 10.3. The van der Waals surface area contributed by atoms with E-state index in [1.807, 2.05) is 6.07 Å². The minimum absolute atomic E-state index is 0.290. The molecule has 0 aliphatic carbocycles. The van der Waals surface area contributed by atoms with Crippen LogP contribution in [0.2, 0.25) is 0 Å². The summed E-state index contributed by atoms with van der Waals surface area (Å²) in [4.78, 5) is 15.6. The van der Waals surface area contributed by atoms with Crippen LogP contribution in [0.25, 0.3) is 0 Å². The van der Waals surface area contributed by atoms with Gasteiger partial charge in [0.15, 0.2) is 5.16 Å². The average Bonchev–Trinajstić information content (AvgIpc) is 2.76. The Hall–Kier alpha value is -2.09. The van der Waals surface area contributed by atoms with Gasteiger partial charge < -0.3 is 10.5 Å². The summed E-state index contributed by atoms with van der Waals surface area (Å²) in [6.45, 7) is 0. The zero-order valence-electron chi connectivity index (χ0n) is 10.5. The summed E-state index contributed by atoms with van der Waals surface area (Å²) in [5, 5.41) is 8.40. The van der Waals surface area contributed by atoms with Gasteiger partial charge in [-0.2, -0.15) is 0 Å². The van der Waals surface area contributed by atoms with Crippen molar-refractivity contribution in [1.29, 1.82) is 0 Å². The van der Waals surface area contributed by atoms with Crippen molar-refractivity contribution in [2.45, 2.75) is 10.9 Å². The number of thioether (sulfide) groups is 1. The molecule has 8 heteroatoms. The number of methoxy groups -OCH3 is 1. The summed E-state index contributed by atoms with van der Waals surface area (Å²) in [6, 6.07) is 5.21. The predicted molar refractivity (Wildman–Crippen MR) is 70.6 cm³/mol. The highest BCUT2D eigenvalue weighted by Crippen LogP contribution is 2.20. The molecule has 19 heavy (non-hydrogen) atoms. The van der Waals surface area contributed by atoms with Crippen molar-refractivity contribution < 1.29 is 9.53 Å². The molecule has 0 saturated heterocycles. The molecular weight excluding hydrogens is 266 g/mol. The summed E-state index contributed by atoms with van der Waals surface area (Å²) >= 11 is 1.44. The zero-order valence-corrected chi connectivity index (χ0v) is 11.3. The highest BCUT2D eigenvalue weighted by molar-refractivity contribution is 7.98. The van der Waals surface area contributed by atoms with Crippen LogP contribution in [-0.2, 0) is 17.5 Å². The number of carbonyl (C=O) groups excluding carboxylic acids is 1. The molecule has 100 valence electrons. The summed E-state index contributed by atoms with van der Waals surface area (Å²) in [7, 11) is 3.11. The molecule has 0 radical (unpaired) electrons. The second-order valence-electron chi connectivity index (χ2n) is 3.69. The number of ether oxygens (including phenoxy) is 1. The van der Waals surface area contributed by atoms with Gasteiger partial charge in [0.25, 0.3) is 0 Å². The van der Waals surface area contributed by atoms with Gasteiger partial charge >= 0.3 is 5.97 Å². The number of nitrogen functional groups attached to an aromatic ring is 1. The van der Waals surface area contributed by atoms with Gasteiger partial charge in [-0.3, -0.25) is 4.57 Å². The molecule has 2 rings (SSSR count). The van der Waals surface area contributed by atoms with Crippen LogP contribution in [0.5, 0.6) is 0 Å². The Morgan fingerprint density at radius 2 is 2.26 bits per heavy atom. The number of aromatic nitrogens is 4.